The molecule has 4 atom stereocenters. The van der Waals surface area contributed by atoms with Crippen LogP contribution in [0.5, 0.6) is 23.1 Å². The average Bonchev–Trinajstić information content (AvgIpc) is 4.15. The molecule has 318 valence electrons. The minimum absolute atomic E-state index is 0.00845. The summed E-state index contributed by atoms with van der Waals surface area (Å²) in [6.07, 6.45) is 5.15. The molecule has 1 saturated heterocycles. The number of pyridine rings is 3. The zero-order chi connectivity index (χ0) is 42.4. The minimum Gasteiger partial charge on any atom is -0.496 e. The molecular formula is C45H50FN9O6. The Kier molecular flexibility index (Phi) is 11.0. The first-order valence-corrected chi connectivity index (χ1v) is 20.6. The van der Waals surface area contributed by atoms with E-state index >= 15 is 0 Å². The predicted octanol–water partition coefficient (Wildman–Crippen LogP) is 5.78. The van der Waals surface area contributed by atoms with Gasteiger partial charge in [-0.3, -0.25) is 9.59 Å². The van der Waals surface area contributed by atoms with Crippen molar-refractivity contribution in [1.82, 2.24) is 33.9 Å². The van der Waals surface area contributed by atoms with E-state index in [0.717, 1.165) is 77.9 Å². The number of likely N-dealkylation sites (N-methyl/N-ethyl adjacent to an activating group) is 1. The van der Waals surface area contributed by atoms with E-state index in [1.165, 1.54) is 0 Å². The first-order chi connectivity index (χ1) is 29.6. The van der Waals surface area contributed by atoms with Crippen LogP contribution in [0.1, 0.15) is 12.8 Å². The number of rotatable bonds is 15. The Hall–Kier alpha value is -6.26. The summed E-state index contributed by atoms with van der Waals surface area (Å²) in [5, 5.41) is 7.54. The Labute approximate surface area is 352 Å². The summed E-state index contributed by atoms with van der Waals surface area (Å²) >= 11 is 0. The van der Waals surface area contributed by atoms with Crippen molar-refractivity contribution in [2.45, 2.75) is 19.0 Å². The van der Waals surface area contributed by atoms with Crippen LogP contribution in [0.15, 0.2) is 67.1 Å². The third kappa shape index (κ3) is 8.16. The number of aromatic nitrogens is 5. The standard InChI is InChI=1S/C45H50FN9O6/c1-52-11-13-55(14-12-52)25-28-17-29(28)43(56)50-39-21-27-19-33(54(3)35(27)24-48-39)42-38(9-10-47-45(42)59-5)61-16-15-60-37-8-6-7-36(58-4)41(37)32-18-26-20-40(49-23-34(26)53(32)2)51-44(57)30-22-31(30)46/h6-10,18-21,23-24,28-31H,11-17,22,25H2,1-5H3,(H,48,50,56)(H,49,51,57). The number of nitrogens with zero attached hydrogens (tertiary/aromatic N) is 7. The van der Waals surface area contributed by atoms with Crippen LogP contribution >= 0.6 is 0 Å². The van der Waals surface area contributed by atoms with Crippen molar-refractivity contribution in [1.29, 1.82) is 0 Å². The lowest BCUT2D eigenvalue weighted by atomic mass is 10.1. The molecule has 2 aliphatic carbocycles. The minimum atomic E-state index is -1.09. The molecule has 0 radical (unpaired) electrons. The van der Waals surface area contributed by atoms with Crippen LogP contribution in [0.2, 0.25) is 0 Å². The number of piperazine rings is 1. The van der Waals surface area contributed by atoms with Crippen molar-refractivity contribution in [3.05, 3.63) is 67.1 Å². The molecule has 0 spiro atoms. The molecule has 3 fully saturated rings. The van der Waals surface area contributed by atoms with E-state index in [4.69, 9.17) is 18.9 Å². The second-order valence-electron chi connectivity index (χ2n) is 16.2. The summed E-state index contributed by atoms with van der Waals surface area (Å²) in [4.78, 5) is 43.9. The maximum Gasteiger partial charge on any atom is 0.231 e. The van der Waals surface area contributed by atoms with Crippen LogP contribution in [0, 0.1) is 17.8 Å². The van der Waals surface area contributed by atoms with Gasteiger partial charge in [-0.2, -0.15) is 0 Å². The summed E-state index contributed by atoms with van der Waals surface area (Å²) in [6.45, 7) is 5.58. The van der Waals surface area contributed by atoms with Crippen molar-refractivity contribution >= 4 is 45.3 Å². The third-order valence-corrected chi connectivity index (χ3v) is 12.1. The predicted molar refractivity (Wildman–Crippen MR) is 230 cm³/mol. The van der Waals surface area contributed by atoms with Gasteiger partial charge in [0, 0.05) is 69.7 Å². The van der Waals surface area contributed by atoms with Gasteiger partial charge in [0.05, 0.1) is 60.5 Å². The van der Waals surface area contributed by atoms with Crippen molar-refractivity contribution < 1.29 is 32.9 Å². The molecule has 16 heteroatoms. The highest BCUT2D eigenvalue weighted by molar-refractivity contribution is 5.98. The van der Waals surface area contributed by atoms with Gasteiger partial charge in [-0.1, -0.05) is 6.07 Å². The number of carbonyl (C=O) groups is 2. The van der Waals surface area contributed by atoms with Gasteiger partial charge in [-0.05, 0) is 68.3 Å². The molecule has 1 aromatic carbocycles. The SMILES string of the molecule is COc1cccc(OCCOc2ccnc(OC)c2-c2cc3cc(NC(=O)C4CC4CN4CCN(C)CC4)ncc3n2C)c1-c1cc2cc(NC(=O)C3CC3F)ncc2n1C. The van der Waals surface area contributed by atoms with E-state index in [1.807, 2.05) is 59.6 Å². The van der Waals surface area contributed by atoms with Crippen LogP contribution < -0.4 is 29.6 Å². The van der Waals surface area contributed by atoms with Gasteiger partial charge in [0.25, 0.3) is 0 Å². The zero-order valence-corrected chi connectivity index (χ0v) is 35.0. The lowest BCUT2D eigenvalue weighted by Gasteiger charge is -2.32. The zero-order valence-electron chi connectivity index (χ0n) is 35.0. The normalized spacial score (nSPS) is 20.1. The summed E-state index contributed by atoms with van der Waals surface area (Å²) in [5.41, 5.74) is 4.72. The fraction of sp³-hybridized carbons (Fsp3) is 0.400. The number of hydrogen-bond donors (Lipinski definition) is 2. The fourth-order valence-corrected chi connectivity index (χ4v) is 8.38. The smallest absolute Gasteiger partial charge is 0.231 e. The number of methoxy groups -OCH3 is 2. The van der Waals surface area contributed by atoms with E-state index < -0.39 is 12.1 Å². The molecule has 2 amide bonds. The van der Waals surface area contributed by atoms with Crippen molar-refractivity contribution in [2.24, 2.45) is 31.8 Å². The Morgan fingerprint density at radius 3 is 1.89 bits per heavy atom. The Balaban J connectivity index is 0.888. The quantitative estimate of drug-likeness (QED) is 0.121. The van der Waals surface area contributed by atoms with E-state index in [2.05, 4.69) is 42.4 Å². The van der Waals surface area contributed by atoms with Crippen molar-refractivity contribution in [3.63, 3.8) is 0 Å². The molecule has 2 saturated carbocycles. The first-order valence-electron chi connectivity index (χ1n) is 20.6. The molecule has 9 rings (SSSR count). The number of carbonyl (C=O) groups excluding carboxylic acids is 2. The molecule has 0 bridgehead atoms. The van der Waals surface area contributed by atoms with E-state index in [1.54, 1.807) is 44.9 Å². The maximum absolute atomic E-state index is 13.5. The number of anilines is 2. The van der Waals surface area contributed by atoms with Gasteiger partial charge in [-0.25, -0.2) is 19.3 Å². The maximum atomic E-state index is 13.5. The number of fused-ring (bicyclic) bond motifs is 2. The topological polar surface area (TPSA) is 150 Å². The first kappa shape index (κ1) is 40.2. The molecule has 2 N–H and O–H groups in total. The van der Waals surface area contributed by atoms with Crippen LogP contribution in [0.3, 0.4) is 0 Å². The number of benzene rings is 1. The number of hydrogen-bond acceptors (Lipinski definition) is 11. The summed E-state index contributed by atoms with van der Waals surface area (Å²) in [7, 11) is 9.20. The molecule has 5 aromatic heterocycles. The number of alkyl halides is 1. The Bertz CT molecular complexity index is 2620. The van der Waals surface area contributed by atoms with Gasteiger partial charge in [0.15, 0.2) is 0 Å². The molecular weight excluding hydrogens is 782 g/mol. The van der Waals surface area contributed by atoms with E-state index in [9.17, 15) is 14.0 Å². The number of nitrogens with one attached hydrogen (secondary N) is 2. The molecule has 4 unspecified atom stereocenters. The van der Waals surface area contributed by atoms with E-state index in [0.29, 0.717) is 46.2 Å². The highest BCUT2D eigenvalue weighted by atomic mass is 19.1. The number of halogens is 1. The molecule has 6 aromatic rings. The summed E-state index contributed by atoms with van der Waals surface area (Å²) in [6, 6.07) is 15.1. The summed E-state index contributed by atoms with van der Waals surface area (Å²) in [5.74, 6) is 2.47. The highest BCUT2D eigenvalue weighted by Crippen LogP contribution is 2.43. The molecule has 3 aliphatic rings. The lowest BCUT2D eigenvalue weighted by molar-refractivity contribution is -0.118. The Morgan fingerprint density at radius 1 is 0.721 bits per heavy atom. The fourth-order valence-electron chi connectivity index (χ4n) is 8.38. The van der Waals surface area contributed by atoms with Crippen LogP contribution in [-0.2, 0) is 23.7 Å². The second-order valence-corrected chi connectivity index (χ2v) is 16.2. The van der Waals surface area contributed by atoms with Crippen molar-refractivity contribution in [2.75, 3.05) is 77.8 Å². The molecule has 6 heterocycles. The van der Waals surface area contributed by atoms with Gasteiger partial charge in [0.1, 0.15) is 53.8 Å². The second kappa shape index (κ2) is 16.7. The third-order valence-electron chi connectivity index (χ3n) is 12.1. The monoisotopic (exact) mass is 831 g/mol. The number of aryl methyl sites for hydroxylation is 2. The van der Waals surface area contributed by atoms with Crippen LogP contribution in [-0.4, -0.2) is 119 Å². The van der Waals surface area contributed by atoms with Gasteiger partial charge < -0.3 is 48.5 Å². The van der Waals surface area contributed by atoms with Crippen LogP contribution in [0.4, 0.5) is 16.0 Å². The van der Waals surface area contributed by atoms with Crippen molar-refractivity contribution in [3.8, 4) is 45.6 Å². The lowest BCUT2D eigenvalue weighted by Crippen LogP contribution is -2.45. The van der Waals surface area contributed by atoms with Gasteiger partial charge in [-0.15, -0.1) is 0 Å². The van der Waals surface area contributed by atoms with Gasteiger partial charge in [0.2, 0.25) is 17.7 Å². The molecule has 61 heavy (non-hydrogen) atoms. The molecule has 15 nitrogen and oxygen atoms in total. The van der Waals surface area contributed by atoms with Crippen LogP contribution in [0.25, 0.3) is 44.3 Å². The average molecular weight is 832 g/mol. The van der Waals surface area contributed by atoms with Gasteiger partial charge >= 0.3 is 0 Å². The molecule has 1 aliphatic heterocycles. The Morgan fingerprint density at radius 2 is 1.30 bits per heavy atom. The number of ether oxygens (including phenoxy) is 4. The summed E-state index contributed by atoms with van der Waals surface area (Å²) < 4.78 is 41.8. The van der Waals surface area contributed by atoms with E-state index in [-0.39, 0.29) is 37.4 Å². The highest BCUT2D eigenvalue weighted by Gasteiger charge is 2.44. The number of amides is 2. The largest absolute Gasteiger partial charge is 0.496 e.